The van der Waals surface area contributed by atoms with Gasteiger partial charge < -0.3 is 4.74 Å². The molecule has 0 aromatic heterocycles. The van der Waals surface area contributed by atoms with E-state index in [1.54, 1.807) is 24.3 Å². The number of carbonyl (C=O) groups is 5. The second kappa shape index (κ2) is 11.4. The first-order valence-corrected chi connectivity index (χ1v) is 15.0. The molecule has 4 amide bonds. The summed E-state index contributed by atoms with van der Waals surface area (Å²) in [7, 11) is 0. The van der Waals surface area contributed by atoms with Gasteiger partial charge in [0.25, 0.3) is 11.8 Å². The third-order valence-electron chi connectivity index (χ3n) is 8.53. The average molecular weight is 645 g/mol. The van der Waals surface area contributed by atoms with Gasteiger partial charge >= 0.3 is 5.97 Å². The number of nitrogens with zero attached hydrogens (tertiary/aromatic N) is 1. The summed E-state index contributed by atoms with van der Waals surface area (Å²) in [6.07, 6.45) is 0.187. The monoisotopic (exact) mass is 643 g/mol. The number of likely N-dealkylation sites (tertiary alicyclic amines) is 1. The number of rotatable bonds is 7. The van der Waals surface area contributed by atoms with Crippen LogP contribution in [-0.4, -0.2) is 47.1 Å². The predicted molar refractivity (Wildman–Crippen MR) is 159 cm³/mol. The van der Waals surface area contributed by atoms with Gasteiger partial charge in [0.1, 0.15) is 6.04 Å². The Morgan fingerprint density at radius 1 is 0.791 bits per heavy atom. The number of hydrazine groups is 1. The standard InChI is InChI=1S/C33H30BrN3O6/c1-17(2)15-24(33(42)43-16-25(38)35-36-30(39)18-11-13-19(34)14-12-18)37-31(40)28-26-20-7-3-4-8-21(20)27(29(28)32(37)41)23-10-6-5-9-22(23)26/h3-14,17,24,26-29H,15-16H2,1-2H3,(H,35,38)(H,36,39)/t24-,26?,27?,28-,29+/m0/s1. The first-order chi connectivity index (χ1) is 20.7. The SMILES string of the molecule is CC(C)C[C@@H](C(=O)OCC(=O)NNC(=O)c1ccc(Br)cc1)N1C(=O)[C@@H]2C3c4ccccc4C(c4ccccc43)[C@@H]2C1=O. The summed E-state index contributed by atoms with van der Waals surface area (Å²) in [4.78, 5) is 67.5. The molecule has 43 heavy (non-hydrogen) atoms. The second-order valence-corrected chi connectivity index (χ2v) is 12.5. The van der Waals surface area contributed by atoms with Crippen molar-refractivity contribution in [1.29, 1.82) is 0 Å². The highest BCUT2D eigenvalue weighted by molar-refractivity contribution is 9.10. The van der Waals surface area contributed by atoms with Crippen molar-refractivity contribution in [2.24, 2.45) is 17.8 Å². The Kier molecular flexibility index (Phi) is 7.64. The fraction of sp³-hybridized carbons (Fsp3) is 0.303. The van der Waals surface area contributed by atoms with E-state index in [1.807, 2.05) is 62.4 Å². The van der Waals surface area contributed by atoms with E-state index in [0.717, 1.165) is 31.6 Å². The molecule has 1 aliphatic heterocycles. The third-order valence-corrected chi connectivity index (χ3v) is 9.06. The number of halogens is 1. The number of benzene rings is 3. The lowest BCUT2D eigenvalue weighted by Crippen LogP contribution is -2.48. The van der Waals surface area contributed by atoms with Gasteiger partial charge in [-0.25, -0.2) is 4.79 Å². The minimum atomic E-state index is -1.18. The zero-order valence-corrected chi connectivity index (χ0v) is 25.2. The van der Waals surface area contributed by atoms with E-state index in [9.17, 15) is 24.0 Å². The number of esters is 1. The lowest BCUT2D eigenvalue weighted by atomic mass is 9.55. The van der Waals surface area contributed by atoms with Crippen LogP contribution in [0.2, 0.25) is 0 Å². The molecule has 3 aromatic rings. The van der Waals surface area contributed by atoms with Crippen LogP contribution in [0.1, 0.15) is 64.7 Å². The molecule has 1 fully saturated rings. The summed E-state index contributed by atoms with van der Waals surface area (Å²) >= 11 is 3.29. The molecule has 0 spiro atoms. The van der Waals surface area contributed by atoms with Gasteiger partial charge in [0.15, 0.2) is 6.61 Å². The van der Waals surface area contributed by atoms with Gasteiger partial charge in [-0.2, -0.15) is 0 Å². The van der Waals surface area contributed by atoms with Gasteiger partial charge in [0, 0.05) is 21.9 Å². The number of hydrogen-bond donors (Lipinski definition) is 2. The highest BCUT2D eigenvalue weighted by Gasteiger charge is 2.63. The van der Waals surface area contributed by atoms with E-state index in [0.29, 0.717) is 5.56 Å². The second-order valence-electron chi connectivity index (χ2n) is 11.6. The zero-order chi connectivity index (χ0) is 30.4. The maximum Gasteiger partial charge on any atom is 0.329 e. The van der Waals surface area contributed by atoms with Crippen LogP contribution in [0.5, 0.6) is 0 Å². The van der Waals surface area contributed by atoms with Crippen LogP contribution in [0.25, 0.3) is 0 Å². The highest BCUT2D eigenvalue weighted by atomic mass is 79.9. The van der Waals surface area contributed by atoms with Crippen molar-refractivity contribution >= 4 is 45.5 Å². The van der Waals surface area contributed by atoms with E-state index in [2.05, 4.69) is 26.8 Å². The molecule has 2 bridgehead atoms. The summed E-state index contributed by atoms with van der Waals surface area (Å²) in [6.45, 7) is 3.08. The first-order valence-electron chi connectivity index (χ1n) is 14.2. The van der Waals surface area contributed by atoms with Crippen molar-refractivity contribution < 1.29 is 28.7 Å². The van der Waals surface area contributed by atoms with Crippen LogP contribution in [0.15, 0.2) is 77.3 Å². The molecule has 0 unspecified atom stereocenters. The lowest BCUT2D eigenvalue weighted by molar-refractivity contribution is -0.161. The fourth-order valence-corrected chi connectivity index (χ4v) is 7.09. The van der Waals surface area contributed by atoms with Gasteiger partial charge in [-0.3, -0.25) is 34.9 Å². The summed E-state index contributed by atoms with van der Waals surface area (Å²) < 4.78 is 6.12. The number of amides is 4. The predicted octanol–water partition coefficient (Wildman–Crippen LogP) is 4.06. The highest BCUT2D eigenvalue weighted by Crippen LogP contribution is 2.61. The van der Waals surface area contributed by atoms with Crippen molar-refractivity contribution in [3.63, 3.8) is 0 Å². The molecule has 3 atom stereocenters. The molecule has 1 heterocycles. The normalized spacial score (nSPS) is 22.0. The Labute approximate surface area is 257 Å². The summed E-state index contributed by atoms with van der Waals surface area (Å²) in [5, 5.41) is 0. The number of hydrogen-bond acceptors (Lipinski definition) is 6. The molecule has 3 aromatic carbocycles. The fourth-order valence-electron chi connectivity index (χ4n) is 6.83. The Morgan fingerprint density at radius 2 is 1.28 bits per heavy atom. The van der Waals surface area contributed by atoms with Crippen LogP contribution in [0.3, 0.4) is 0 Å². The van der Waals surface area contributed by atoms with Crippen LogP contribution in [0, 0.1) is 17.8 Å². The topological polar surface area (TPSA) is 122 Å². The van der Waals surface area contributed by atoms with Crippen LogP contribution >= 0.6 is 15.9 Å². The van der Waals surface area contributed by atoms with Gasteiger partial charge in [0.2, 0.25) is 11.8 Å². The molecule has 9 nitrogen and oxygen atoms in total. The first kappa shape index (κ1) is 28.8. The Hall–Kier alpha value is -4.31. The van der Waals surface area contributed by atoms with Crippen LogP contribution < -0.4 is 10.9 Å². The molecular formula is C33H30BrN3O6. The average Bonchev–Trinajstić information content (AvgIpc) is 3.27. The van der Waals surface area contributed by atoms with Gasteiger partial charge in [-0.1, -0.05) is 78.3 Å². The third kappa shape index (κ3) is 5.03. The quantitative estimate of drug-likeness (QED) is 0.228. The van der Waals surface area contributed by atoms with Gasteiger partial charge in [-0.15, -0.1) is 0 Å². The van der Waals surface area contributed by atoms with Gasteiger partial charge in [0.05, 0.1) is 11.8 Å². The molecule has 7 rings (SSSR count). The minimum Gasteiger partial charge on any atom is -0.454 e. The van der Waals surface area contributed by atoms with E-state index in [1.165, 1.54) is 0 Å². The summed E-state index contributed by atoms with van der Waals surface area (Å²) in [6, 6.07) is 21.2. The van der Waals surface area contributed by atoms with Crippen molar-refractivity contribution in [3.8, 4) is 0 Å². The number of carbonyl (C=O) groups excluding carboxylic acids is 5. The van der Waals surface area contributed by atoms with E-state index >= 15 is 0 Å². The van der Waals surface area contributed by atoms with Crippen LogP contribution in [-0.2, 0) is 23.9 Å². The molecule has 4 aliphatic rings. The summed E-state index contributed by atoms with van der Waals surface area (Å²) in [5.41, 5.74) is 8.99. The molecule has 3 aliphatic carbocycles. The number of nitrogens with one attached hydrogen (secondary N) is 2. The largest absolute Gasteiger partial charge is 0.454 e. The molecule has 220 valence electrons. The molecule has 2 N–H and O–H groups in total. The molecule has 0 saturated carbocycles. The zero-order valence-electron chi connectivity index (χ0n) is 23.6. The lowest BCUT2D eigenvalue weighted by Gasteiger charge is -2.45. The Bertz CT molecular complexity index is 1520. The van der Waals surface area contributed by atoms with Crippen molar-refractivity contribution in [2.75, 3.05) is 6.61 Å². The maximum absolute atomic E-state index is 14.1. The van der Waals surface area contributed by atoms with Crippen molar-refractivity contribution in [1.82, 2.24) is 15.8 Å². The molecule has 0 radical (unpaired) electrons. The smallest absolute Gasteiger partial charge is 0.329 e. The van der Waals surface area contributed by atoms with Gasteiger partial charge in [-0.05, 0) is 58.9 Å². The van der Waals surface area contributed by atoms with Crippen LogP contribution in [0.4, 0.5) is 0 Å². The van der Waals surface area contributed by atoms with E-state index in [4.69, 9.17) is 4.74 Å². The molecular weight excluding hydrogens is 614 g/mol. The maximum atomic E-state index is 14.1. The molecule has 10 heteroatoms. The summed E-state index contributed by atoms with van der Waals surface area (Å²) in [5.74, 6) is -4.80. The Morgan fingerprint density at radius 3 is 1.74 bits per heavy atom. The number of imide groups is 1. The van der Waals surface area contributed by atoms with E-state index < -0.39 is 42.3 Å². The Balaban J connectivity index is 1.19. The minimum absolute atomic E-state index is 0.0501. The van der Waals surface area contributed by atoms with Crippen molar-refractivity contribution in [3.05, 3.63) is 105 Å². The molecule has 1 saturated heterocycles. The van der Waals surface area contributed by atoms with Crippen molar-refractivity contribution in [2.45, 2.75) is 38.1 Å². The number of ether oxygens (including phenoxy) is 1. The van der Waals surface area contributed by atoms with E-state index in [-0.39, 0.29) is 36.0 Å².